The maximum absolute atomic E-state index is 11.9. The molecule has 0 spiro atoms. The fourth-order valence-corrected chi connectivity index (χ4v) is 1.35. The monoisotopic (exact) mass is 245 g/mol. The van der Waals surface area contributed by atoms with Crippen molar-refractivity contribution in [2.45, 2.75) is 65.6 Å². The van der Waals surface area contributed by atoms with Gasteiger partial charge < -0.3 is 9.84 Å². The van der Waals surface area contributed by atoms with Gasteiger partial charge in [0.1, 0.15) is 11.6 Å². The summed E-state index contributed by atoms with van der Waals surface area (Å²) < 4.78 is 5.22. The molecule has 0 bridgehead atoms. The Labute approximate surface area is 103 Å². The Bertz CT molecular complexity index is 283. The van der Waals surface area contributed by atoms with E-state index in [1.807, 2.05) is 13.8 Å². The SMILES string of the molecule is CC[C@H](C)N(C(=O)OC(C)(C)C)[C@@H](C)C(=O)O. The van der Waals surface area contributed by atoms with Gasteiger partial charge >= 0.3 is 12.1 Å². The number of carboxylic acid groups (broad SMARTS) is 1. The molecule has 0 saturated heterocycles. The smallest absolute Gasteiger partial charge is 0.411 e. The highest BCUT2D eigenvalue weighted by Gasteiger charge is 2.32. The van der Waals surface area contributed by atoms with Crippen molar-refractivity contribution in [3.63, 3.8) is 0 Å². The minimum Gasteiger partial charge on any atom is -0.480 e. The summed E-state index contributed by atoms with van der Waals surface area (Å²) in [5, 5.41) is 8.99. The highest BCUT2D eigenvalue weighted by atomic mass is 16.6. The van der Waals surface area contributed by atoms with Crippen LogP contribution in [0.1, 0.15) is 48.0 Å². The Hall–Kier alpha value is -1.26. The normalized spacial score (nSPS) is 14.9. The van der Waals surface area contributed by atoms with Crippen LogP contribution < -0.4 is 0 Å². The first kappa shape index (κ1) is 15.7. The summed E-state index contributed by atoms with van der Waals surface area (Å²) in [7, 11) is 0. The average Bonchev–Trinajstić information content (AvgIpc) is 2.14. The number of rotatable bonds is 4. The zero-order chi connectivity index (χ0) is 13.8. The number of aliphatic carboxylic acids is 1. The van der Waals surface area contributed by atoms with Crippen molar-refractivity contribution >= 4 is 12.1 Å². The van der Waals surface area contributed by atoms with Crippen LogP contribution in [0.3, 0.4) is 0 Å². The molecule has 0 aromatic heterocycles. The Morgan fingerprint density at radius 2 is 1.76 bits per heavy atom. The first-order valence-electron chi connectivity index (χ1n) is 5.84. The topological polar surface area (TPSA) is 66.8 Å². The molecule has 0 aromatic rings. The summed E-state index contributed by atoms with van der Waals surface area (Å²) in [4.78, 5) is 24.2. The van der Waals surface area contributed by atoms with Crippen LogP contribution in [0.2, 0.25) is 0 Å². The van der Waals surface area contributed by atoms with E-state index in [2.05, 4.69) is 0 Å². The van der Waals surface area contributed by atoms with Gasteiger partial charge in [0, 0.05) is 6.04 Å². The second kappa shape index (κ2) is 5.89. The molecule has 0 rings (SSSR count). The van der Waals surface area contributed by atoms with E-state index in [9.17, 15) is 9.59 Å². The molecule has 1 N–H and O–H groups in total. The van der Waals surface area contributed by atoms with Gasteiger partial charge in [-0.25, -0.2) is 9.59 Å². The fraction of sp³-hybridized carbons (Fsp3) is 0.833. The molecule has 0 fully saturated rings. The van der Waals surface area contributed by atoms with E-state index < -0.39 is 23.7 Å². The summed E-state index contributed by atoms with van der Waals surface area (Å²) in [6.45, 7) is 10.5. The van der Waals surface area contributed by atoms with E-state index in [1.54, 1.807) is 20.8 Å². The van der Waals surface area contributed by atoms with Crippen molar-refractivity contribution in [3.8, 4) is 0 Å². The molecule has 0 aliphatic heterocycles. The van der Waals surface area contributed by atoms with E-state index in [0.717, 1.165) is 0 Å². The molecule has 100 valence electrons. The third-order valence-corrected chi connectivity index (χ3v) is 2.44. The molecule has 0 aliphatic carbocycles. The van der Waals surface area contributed by atoms with Crippen LogP contribution in [0.15, 0.2) is 0 Å². The zero-order valence-electron chi connectivity index (χ0n) is 11.5. The minimum absolute atomic E-state index is 0.170. The van der Waals surface area contributed by atoms with E-state index in [4.69, 9.17) is 9.84 Å². The highest BCUT2D eigenvalue weighted by Crippen LogP contribution is 2.16. The second-order valence-corrected chi connectivity index (χ2v) is 5.16. The minimum atomic E-state index is -1.03. The van der Waals surface area contributed by atoms with Gasteiger partial charge in [-0.2, -0.15) is 0 Å². The van der Waals surface area contributed by atoms with Crippen molar-refractivity contribution in [1.82, 2.24) is 4.90 Å². The number of ether oxygens (including phenoxy) is 1. The maximum Gasteiger partial charge on any atom is 0.411 e. The van der Waals surface area contributed by atoms with E-state index in [1.165, 1.54) is 11.8 Å². The summed E-state index contributed by atoms with van der Waals surface area (Å²) >= 11 is 0. The van der Waals surface area contributed by atoms with Crippen molar-refractivity contribution < 1.29 is 19.4 Å². The predicted octanol–water partition coefficient (Wildman–Crippen LogP) is 2.50. The zero-order valence-corrected chi connectivity index (χ0v) is 11.5. The van der Waals surface area contributed by atoms with Gasteiger partial charge in [-0.05, 0) is 41.0 Å². The summed E-state index contributed by atoms with van der Waals surface area (Å²) in [5.74, 6) is -1.03. The Morgan fingerprint density at radius 3 is 2.06 bits per heavy atom. The Kier molecular flexibility index (Phi) is 5.45. The first-order valence-corrected chi connectivity index (χ1v) is 5.84. The molecule has 2 atom stereocenters. The Balaban J connectivity index is 4.93. The number of carboxylic acids is 1. The first-order chi connectivity index (χ1) is 7.60. The predicted molar refractivity (Wildman–Crippen MR) is 64.9 cm³/mol. The van der Waals surface area contributed by atoms with Crippen LogP contribution in [0.25, 0.3) is 0 Å². The molecule has 0 aliphatic rings. The van der Waals surface area contributed by atoms with Crippen LogP contribution in [0.4, 0.5) is 4.79 Å². The second-order valence-electron chi connectivity index (χ2n) is 5.16. The molecule has 5 heteroatoms. The standard InChI is InChI=1S/C12H23NO4/c1-7-8(2)13(9(3)10(14)15)11(16)17-12(4,5)6/h8-9H,7H2,1-6H3,(H,14,15)/t8-,9-/m0/s1. The molecule has 5 nitrogen and oxygen atoms in total. The Morgan fingerprint density at radius 1 is 1.29 bits per heavy atom. The maximum atomic E-state index is 11.9. The van der Waals surface area contributed by atoms with Gasteiger partial charge in [0.05, 0.1) is 0 Å². The van der Waals surface area contributed by atoms with Gasteiger partial charge in [-0.15, -0.1) is 0 Å². The molecule has 1 amide bonds. The van der Waals surface area contributed by atoms with Gasteiger partial charge in [0.25, 0.3) is 0 Å². The molecule has 17 heavy (non-hydrogen) atoms. The number of nitrogens with zero attached hydrogens (tertiary/aromatic N) is 1. The van der Waals surface area contributed by atoms with Gasteiger partial charge in [0.2, 0.25) is 0 Å². The van der Waals surface area contributed by atoms with Gasteiger partial charge in [0.15, 0.2) is 0 Å². The quantitative estimate of drug-likeness (QED) is 0.826. The van der Waals surface area contributed by atoms with E-state index in [0.29, 0.717) is 6.42 Å². The summed E-state index contributed by atoms with van der Waals surface area (Å²) in [6.07, 6.45) is 0.0957. The van der Waals surface area contributed by atoms with E-state index >= 15 is 0 Å². The van der Waals surface area contributed by atoms with Crippen molar-refractivity contribution in [2.75, 3.05) is 0 Å². The average molecular weight is 245 g/mol. The van der Waals surface area contributed by atoms with Crippen LogP contribution in [0, 0.1) is 0 Å². The molecule has 0 unspecified atom stereocenters. The summed E-state index contributed by atoms with van der Waals surface area (Å²) in [5.41, 5.74) is -0.624. The summed E-state index contributed by atoms with van der Waals surface area (Å²) in [6, 6.07) is -1.06. The van der Waals surface area contributed by atoms with Crippen molar-refractivity contribution in [2.24, 2.45) is 0 Å². The lowest BCUT2D eigenvalue weighted by Crippen LogP contribution is -2.50. The van der Waals surface area contributed by atoms with Crippen LogP contribution in [0.5, 0.6) is 0 Å². The lowest BCUT2D eigenvalue weighted by atomic mass is 10.1. The van der Waals surface area contributed by atoms with Crippen LogP contribution in [-0.2, 0) is 9.53 Å². The third-order valence-electron chi connectivity index (χ3n) is 2.44. The largest absolute Gasteiger partial charge is 0.480 e. The van der Waals surface area contributed by atoms with Crippen molar-refractivity contribution in [1.29, 1.82) is 0 Å². The van der Waals surface area contributed by atoms with Crippen molar-refractivity contribution in [3.05, 3.63) is 0 Å². The van der Waals surface area contributed by atoms with E-state index in [-0.39, 0.29) is 6.04 Å². The van der Waals surface area contributed by atoms with Crippen LogP contribution in [-0.4, -0.2) is 39.8 Å². The molecule has 0 heterocycles. The van der Waals surface area contributed by atoms with Gasteiger partial charge in [-0.3, -0.25) is 4.90 Å². The molecule has 0 saturated carbocycles. The number of carbonyl (C=O) groups is 2. The lowest BCUT2D eigenvalue weighted by molar-refractivity contribution is -0.143. The number of carbonyl (C=O) groups excluding carboxylic acids is 1. The molecular formula is C12H23NO4. The van der Waals surface area contributed by atoms with Crippen LogP contribution >= 0.6 is 0 Å². The molecule has 0 radical (unpaired) electrons. The fourth-order valence-electron chi connectivity index (χ4n) is 1.35. The lowest BCUT2D eigenvalue weighted by Gasteiger charge is -2.33. The number of hydrogen-bond acceptors (Lipinski definition) is 3. The number of hydrogen-bond donors (Lipinski definition) is 1. The van der Waals surface area contributed by atoms with Gasteiger partial charge in [-0.1, -0.05) is 6.92 Å². The molecular weight excluding hydrogens is 222 g/mol. The third kappa shape index (κ3) is 5.06. The molecule has 0 aromatic carbocycles. The number of amides is 1. The highest BCUT2D eigenvalue weighted by molar-refractivity contribution is 5.80.